The quantitative estimate of drug-likeness (QED) is 0.859. The van der Waals surface area contributed by atoms with Crippen molar-refractivity contribution in [2.24, 2.45) is 5.73 Å². The van der Waals surface area contributed by atoms with E-state index in [2.05, 4.69) is 11.6 Å². The van der Waals surface area contributed by atoms with Crippen molar-refractivity contribution in [1.29, 1.82) is 0 Å². The Morgan fingerprint density at radius 1 is 1.10 bits per heavy atom. The molecule has 1 heterocycles. The summed E-state index contributed by atoms with van der Waals surface area (Å²) in [6.45, 7) is 2.81. The van der Waals surface area contributed by atoms with Crippen LogP contribution < -0.4 is 10.5 Å². The molecule has 3 N–H and O–H groups in total. The van der Waals surface area contributed by atoms with Gasteiger partial charge in [-0.3, -0.25) is 0 Å². The molecular weight excluding hydrogens is 292 g/mol. The van der Waals surface area contributed by atoms with Crippen LogP contribution in [0.1, 0.15) is 22.2 Å². The van der Waals surface area contributed by atoms with Gasteiger partial charge in [-0.2, -0.15) is 0 Å². The van der Waals surface area contributed by atoms with E-state index in [0.717, 1.165) is 16.9 Å². The van der Waals surface area contributed by atoms with Crippen LogP contribution in [0, 0.1) is 0 Å². The summed E-state index contributed by atoms with van der Waals surface area (Å²) in [5.41, 5.74) is 6.41. The first-order valence-corrected chi connectivity index (χ1v) is 8.71. The van der Waals surface area contributed by atoms with Crippen LogP contribution in [-0.4, -0.2) is 8.42 Å². The van der Waals surface area contributed by atoms with Crippen molar-refractivity contribution in [3.05, 3.63) is 51.7 Å². The van der Waals surface area contributed by atoms with Gasteiger partial charge in [0, 0.05) is 22.8 Å². The van der Waals surface area contributed by atoms with Crippen LogP contribution in [0.4, 0.5) is 0 Å². The van der Waals surface area contributed by atoms with Gasteiger partial charge in [0.05, 0.1) is 4.90 Å². The summed E-state index contributed by atoms with van der Waals surface area (Å²) in [5, 5.41) is 0. The smallest absolute Gasteiger partial charge is 0.240 e. The maximum absolute atomic E-state index is 12.1. The summed E-state index contributed by atoms with van der Waals surface area (Å²) in [7, 11) is -3.47. The number of nitrogens with two attached hydrogens (primary N) is 1. The Labute approximate surface area is 123 Å². The summed E-state index contributed by atoms with van der Waals surface area (Å²) < 4.78 is 26.9. The fourth-order valence-electron chi connectivity index (χ4n) is 1.76. The van der Waals surface area contributed by atoms with Crippen LogP contribution in [0.2, 0.25) is 0 Å². The van der Waals surface area contributed by atoms with Crippen molar-refractivity contribution in [3.63, 3.8) is 0 Å². The van der Waals surface area contributed by atoms with E-state index in [4.69, 9.17) is 5.73 Å². The third kappa shape index (κ3) is 3.67. The summed E-state index contributed by atoms with van der Waals surface area (Å²) in [4.78, 5) is 2.54. The molecule has 4 nitrogen and oxygen atoms in total. The molecule has 0 fully saturated rings. The first kappa shape index (κ1) is 15.2. The van der Waals surface area contributed by atoms with E-state index in [1.54, 1.807) is 35.6 Å². The molecule has 6 heteroatoms. The van der Waals surface area contributed by atoms with Gasteiger partial charge in [0.15, 0.2) is 0 Å². The molecule has 1 aromatic carbocycles. The van der Waals surface area contributed by atoms with E-state index in [0.29, 0.717) is 13.1 Å². The number of sulfonamides is 1. The van der Waals surface area contributed by atoms with Gasteiger partial charge < -0.3 is 5.73 Å². The molecule has 0 amide bonds. The van der Waals surface area contributed by atoms with Crippen LogP contribution in [0.5, 0.6) is 0 Å². The third-order valence-electron chi connectivity index (χ3n) is 2.97. The van der Waals surface area contributed by atoms with Crippen molar-refractivity contribution >= 4 is 21.4 Å². The Morgan fingerprint density at radius 2 is 1.75 bits per heavy atom. The predicted octanol–water partition coefficient (Wildman–Crippen LogP) is 2.25. The number of nitrogens with one attached hydrogen (secondary N) is 1. The van der Waals surface area contributed by atoms with E-state index >= 15 is 0 Å². The molecule has 0 spiro atoms. The van der Waals surface area contributed by atoms with Crippen LogP contribution in [0.25, 0.3) is 0 Å². The van der Waals surface area contributed by atoms with Crippen LogP contribution >= 0.6 is 11.3 Å². The molecule has 0 saturated heterocycles. The van der Waals surface area contributed by atoms with Crippen molar-refractivity contribution in [1.82, 2.24) is 4.72 Å². The standard InChI is InChI=1S/C14H18N2O2S2/c1-2-12-5-6-13(19-12)10-16-20(17,18)14-7-3-11(9-15)4-8-14/h3-8,16H,2,9-10,15H2,1H3. The first-order chi connectivity index (χ1) is 9.55. The SMILES string of the molecule is CCc1ccc(CNS(=O)(=O)c2ccc(CN)cc2)s1. The highest BCUT2D eigenvalue weighted by Gasteiger charge is 2.13. The van der Waals surface area contributed by atoms with Crippen LogP contribution in [0.15, 0.2) is 41.3 Å². The molecule has 1 aromatic heterocycles. The summed E-state index contributed by atoms with van der Waals surface area (Å²) >= 11 is 1.63. The molecule has 2 aromatic rings. The number of hydrogen-bond acceptors (Lipinski definition) is 4. The lowest BCUT2D eigenvalue weighted by molar-refractivity contribution is 0.582. The molecule has 0 aliphatic heterocycles. The zero-order valence-electron chi connectivity index (χ0n) is 11.3. The van der Waals surface area contributed by atoms with Gasteiger partial charge in [0.1, 0.15) is 0 Å². The first-order valence-electron chi connectivity index (χ1n) is 6.41. The van der Waals surface area contributed by atoms with E-state index in [1.807, 2.05) is 12.1 Å². The monoisotopic (exact) mass is 310 g/mol. The van der Waals surface area contributed by atoms with Crippen LogP contribution in [-0.2, 0) is 29.5 Å². The molecule has 0 bridgehead atoms. The Bertz CT molecular complexity index is 661. The van der Waals surface area contributed by atoms with Gasteiger partial charge in [-0.1, -0.05) is 19.1 Å². The molecule has 0 saturated carbocycles. The second kappa shape index (κ2) is 6.49. The highest BCUT2D eigenvalue weighted by atomic mass is 32.2. The van der Waals surface area contributed by atoms with Gasteiger partial charge in [0.25, 0.3) is 0 Å². The van der Waals surface area contributed by atoms with Gasteiger partial charge in [0.2, 0.25) is 10.0 Å². The van der Waals surface area contributed by atoms with Gasteiger partial charge >= 0.3 is 0 Å². The Hall–Kier alpha value is -1.21. The maximum atomic E-state index is 12.1. The average Bonchev–Trinajstić information content (AvgIpc) is 2.93. The predicted molar refractivity (Wildman–Crippen MR) is 82.1 cm³/mol. The molecule has 0 radical (unpaired) electrons. The zero-order chi connectivity index (χ0) is 14.6. The normalized spacial score (nSPS) is 11.7. The Kier molecular flexibility index (Phi) is 4.93. The number of rotatable bonds is 6. The molecule has 0 aliphatic rings. The van der Waals surface area contributed by atoms with E-state index in [1.165, 1.54) is 4.88 Å². The van der Waals surface area contributed by atoms with Crippen LogP contribution in [0.3, 0.4) is 0 Å². The highest BCUT2D eigenvalue weighted by molar-refractivity contribution is 7.89. The summed E-state index contributed by atoms with van der Waals surface area (Å²) in [6.07, 6.45) is 0.970. The lowest BCUT2D eigenvalue weighted by atomic mass is 10.2. The number of benzene rings is 1. The van der Waals surface area contributed by atoms with Crippen molar-refractivity contribution in [2.45, 2.75) is 31.3 Å². The second-order valence-electron chi connectivity index (χ2n) is 4.39. The summed E-state index contributed by atoms with van der Waals surface area (Å²) in [5.74, 6) is 0. The number of hydrogen-bond donors (Lipinski definition) is 2. The zero-order valence-corrected chi connectivity index (χ0v) is 12.9. The number of thiophene rings is 1. The molecule has 20 heavy (non-hydrogen) atoms. The molecule has 0 aliphatic carbocycles. The fourth-order valence-corrected chi connectivity index (χ4v) is 3.76. The molecule has 0 atom stereocenters. The lowest BCUT2D eigenvalue weighted by Crippen LogP contribution is -2.22. The second-order valence-corrected chi connectivity index (χ2v) is 7.41. The van der Waals surface area contributed by atoms with E-state index in [9.17, 15) is 8.42 Å². The Balaban J connectivity index is 2.06. The van der Waals surface area contributed by atoms with Gasteiger partial charge in [-0.25, -0.2) is 13.1 Å². The molecular formula is C14H18N2O2S2. The maximum Gasteiger partial charge on any atom is 0.240 e. The largest absolute Gasteiger partial charge is 0.326 e. The Morgan fingerprint density at radius 3 is 2.30 bits per heavy atom. The summed E-state index contributed by atoms with van der Waals surface area (Å²) in [6, 6.07) is 10.6. The van der Waals surface area contributed by atoms with Gasteiger partial charge in [-0.15, -0.1) is 11.3 Å². The lowest BCUT2D eigenvalue weighted by Gasteiger charge is -2.06. The topological polar surface area (TPSA) is 72.2 Å². The van der Waals surface area contributed by atoms with Gasteiger partial charge in [-0.05, 0) is 36.2 Å². The average molecular weight is 310 g/mol. The minimum Gasteiger partial charge on any atom is -0.326 e. The fraction of sp³-hybridized carbons (Fsp3) is 0.286. The van der Waals surface area contributed by atoms with E-state index < -0.39 is 10.0 Å². The minimum atomic E-state index is -3.47. The highest BCUT2D eigenvalue weighted by Crippen LogP contribution is 2.18. The molecule has 108 valence electrons. The van der Waals surface area contributed by atoms with E-state index in [-0.39, 0.29) is 4.90 Å². The minimum absolute atomic E-state index is 0.266. The van der Waals surface area contributed by atoms with Crippen molar-refractivity contribution in [2.75, 3.05) is 0 Å². The number of aryl methyl sites for hydroxylation is 1. The molecule has 2 rings (SSSR count). The van der Waals surface area contributed by atoms with Crippen molar-refractivity contribution < 1.29 is 8.42 Å². The van der Waals surface area contributed by atoms with Crippen molar-refractivity contribution in [3.8, 4) is 0 Å². The molecule has 0 unspecified atom stereocenters. The third-order valence-corrected chi connectivity index (χ3v) is 5.62.